The molecule has 0 radical (unpaired) electrons. The number of anilines is 1. The first-order valence-corrected chi connectivity index (χ1v) is 10.1. The van der Waals surface area contributed by atoms with Crippen LogP contribution in [0.5, 0.6) is 5.75 Å². The van der Waals surface area contributed by atoms with Crippen molar-refractivity contribution in [2.75, 3.05) is 11.4 Å². The summed E-state index contributed by atoms with van der Waals surface area (Å²) in [4.78, 5) is 13.1. The molecule has 2 aromatic rings. The molecule has 1 spiro atoms. The van der Waals surface area contributed by atoms with Crippen molar-refractivity contribution < 1.29 is 9.66 Å². The van der Waals surface area contributed by atoms with Crippen molar-refractivity contribution in [1.82, 2.24) is 0 Å². The van der Waals surface area contributed by atoms with Gasteiger partial charge in [0, 0.05) is 29.9 Å². The van der Waals surface area contributed by atoms with Crippen molar-refractivity contribution >= 4 is 17.5 Å². The van der Waals surface area contributed by atoms with Gasteiger partial charge >= 0.3 is 0 Å². The second kappa shape index (κ2) is 7.07. The lowest BCUT2D eigenvalue weighted by Gasteiger charge is -2.47. The molecule has 5 nitrogen and oxygen atoms in total. The molecule has 2 aliphatic heterocycles. The summed E-state index contributed by atoms with van der Waals surface area (Å²) in [5, 5.41) is 11.1. The van der Waals surface area contributed by atoms with Gasteiger partial charge in [-0.15, -0.1) is 6.58 Å². The number of nitro benzene ring substituents is 1. The lowest BCUT2D eigenvalue weighted by atomic mass is 9.76. The van der Waals surface area contributed by atoms with Gasteiger partial charge in [-0.1, -0.05) is 24.3 Å². The number of fused-ring (bicyclic) bond motifs is 2. The number of hydrogen-bond donors (Lipinski definition) is 0. The number of ether oxygens (including phenoxy) is 1. The SMILES string of the molecule is C=CCCCCN1c2ccccc2C(C)(C)C12C=Cc1cc([N+](=O)[O-])ccc1O2. The highest BCUT2D eigenvalue weighted by Gasteiger charge is 2.58. The summed E-state index contributed by atoms with van der Waals surface area (Å²) in [7, 11) is 0. The van der Waals surface area contributed by atoms with E-state index in [2.05, 4.69) is 55.7 Å². The van der Waals surface area contributed by atoms with E-state index in [1.807, 2.05) is 12.2 Å². The number of allylic oxidation sites excluding steroid dienone is 1. The Bertz CT molecular complexity index is 995. The van der Waals surface area contributed by atoms with Gasteiger partial charge in [-0.2, -0.15) is 0 Å². The van der Waals surface area contributed by atoms with Gasteiger partial charge < -0.3 is 9.64 Å². The van der Waals surface area contributed by atoms with Crippen LogP contribution in [0.15, 0.2) is 61.2 Å². The van der Waals surface area contributed by atoms with Crippen LogP contribution < -0.4 is 9.64 Å². The van der Waals surface area contributed by atoms with Gasteiger partial charge in [-0.3, -0.25) is 10.1 Å². The van der Waals surface area contributed by atoms with E-state index in [9.17, 15) is 10.1 Å². The number of nitrogens with zero attached hydrogens (tertiary/aromatic N) is 2. The maximum atomic E-state index is 11.1. The standard InChI is InChI=1S/C24H26N2O3/c1-4-5-6-9-16-25-21-11-8-7-10-20(21)23(2,3)24(25)15-14-18-17-19(26(27)28)12-13-22(18)29-24/h4,7-8,10-15,17H,1,5-6,9,16H2,2-3H3. The van der Waals surface area contributed by atoms with Crippen molar-refractivity contribution in [1.29, 1.82) is 0 Å². The molecule has 0 saturated heterocycles. The van der Waals surface area contributed by atoms with Gasteiger partial charge in [0.15, 0.2) is 0 Å². The minimum atomic E-state index is -0.673. The van der Waals surface area contributed by atoms with E-state index in [0.29, 0.717) is 5.75 Å². The van der Waals surface area contributed by atoms with Crippen LogP contribution in [0.1, 0.15) is 44.2 Å². The lowest BCUT2D eigenvalue weighted by Crippen LogP contribution is -2.59. The van der Waals surface area contributed by atoms with E-state index in [1.165, 1.54) is 17.3 Å². The summed E-state index contributed by atoms with van der Waals surface area (Å²) in [6.45, 7) is 9.09. The second-order valence-corrected chi connectivity index (χ2v) is 8.19. The Morgan fingerprint density at radius 2 is 2.00 bits per heavy atom. The summed E-state index contributed by atoms with van der Waals surface area (Å²) < 4.78 is 6.68. The third kappa shape index (κ3) is 2.92. The second-order valence-electron chi connectivity index (χ2n) is 8.19. The van der Waals surface area contributed by atoms with E-state index in [1.54, 1.807) is 12.1 Å². The molecule has 2 heterocycles. The van der Waals surface area contributed by atoms with E-state index in [0.717, 1.165) is 31.4 Å². The Morgan fingerprint density at radius 1 is 1.21 bits per heavy atom. The number of rotatable bonds is 6. The molecule has 0 fully saturated rings. The van der Waals surface area contributed by atoms with Crippen LogP contribution in [0.4, 0.5) is 11.4 Å². The fraction of sp³-hybridized carbons (Fsp3) is 0.333. The van der Waals surface area contributed by atoms with Gasteiger partial charge in [0.1, 0.15) is 5.75 Å². The molecule has 0 amide bonds. The summed E-state index contributed by atoms with van der Waals surface area (Å²) in [6, 6.07) is 13.3. The third-order valence-electron chi connectivity index (χ3n) is 6.16. The molecule has 0 aliphatic carbocycles. The molecule has 5 heteroatoms. The molecule has 4 rings (SSSR count). The van der Waals surface area contributed by atoms with Crippen LogP contribution in [0.2, 0.25) is 0 Å². The molecule has 1 unspecified atom stereocenters. The number of benzene rings is 2. The fourth-order valence-electron chi connectivity index (χ4n) is 4.55. The predicted molar refractivity (Wildman–Crippen MR) is 116 cm³/mol. The highest BCUT2D eigenvalue weighted by molar-refractivity contribution is 5.73. The van der Waals surface area contributed by atoms with Gasteiger partial charge in [0.25, 0.3) is 5.69 Å². The van der Waals surface area contributed by atoms with Crippen LogP contribution in [0, 0.1) is 10.1 Å². The van der Waals surface area contributed by atoms with Gasteiger partial charge in [0.05, 0.1) is 10.3 Å². The molecule has 0 saturated carbocycles. The monoisotopic (exact) mass is 390 g/mol. The van der Waals surface area contributed by atoms with E-state index in [-0.39, 0.29) is 16.0 Å². The first-order valence-electron chi connectivity index (χ1n) is 10.1. The van der Waals surface area contributed by atoms with E-state index < -0.39 is 5.72 Å². The molecule has 1 atom stereocenters. The van der Waals surface area contributed by atoms with Gasteiger partial charge in [-0.25, -0.2) is 0 Å². The van der Waals surface area contributed by atoms with Crippen molar-refractivity contribution in [3.8, 4) is 5.75 Å². The highest BCUT2D eigenvalue weighted by Crippen LogP contribution is 2.55. The van der Waals surface area contributed by atoms with Gasteiger partial charge in [-0.05, 0) is 63.0 Å². The predicted octanol–water partition coefficient (Wildman–Crippen LogP) is 5.85. The summed E-state index contributed by atoms with van der Waals surface area (Å²) in [6.07, 6.45) is 9.10. The molecule has 2 aromatic carbocycles. The average Bonchev–Trinajstić information content (AvgIpc) is 2.89. The molecule has 150 valence electrons. The van der Waals surface area contributed by atoms with Crippen LogP contribution in [-0.2, 0) is 5.41 Å². The zero-order valence-electron chi connectivity index (χ0n) is 16.9. The lowest BCUT2D eigenvalue weighted by molar-refractivity contribution is -0.384. The van der Waals surface area contributed by atoms with Crippen molar-refractivity contribution in [2.45, 2.75) is 44.2 Å². The average molecular weight is 390 g/mol. The van der Waals surface area contributed by atoms with Crippen molar-refractivity contribution in [3.63, 3.8) is 0 Å². The van der Waals surface area contributed by atoms with Crippen LogP contribution >= 0.6 is 0 Å². The first kappa shape index (κ1) is 19.2. The number of unbranched alkanes of at least 4 members (excludes halogenated alkanes) is 2. The molecule has 29 heavy (non-hydrogen) atoms. The molecular formula is C24H26N2O3. The number of hydrogen-bond acceptors (Lipinski definition) is 4. The Labute approximate surface area is 171 Å². The first-order chi connectivity index (χ1) is 13.9. The minimum Gasteiger partial charge on any atom is -0.463 e. The molecule has 2 aliphatic rings. The Hall–Kier alpha value is -3.08. The van der Waals surface area contributed by atoms with Crippen molar-refractivity contribution in [3.05, 3.63) is 82.4 Å². The Kier molecular flexibility index (Phi) is 4.69. The Morgan fingerprint density at radius 3 is 2.76 bits per heavy atom. The topological polar surface area (TPSA) is 55.6 Å². The van der Waals surface area contributed by atoms with Crippen LogP contribution in [0.3, 0.4) is 0 Å². The number of nitro groups is 1. The summed E-state index contributed by atoms with van der Waals surface area (Å²) in [5.41, 5.74) is 2.28. The highest BCUT2D eigenvalue weighted by atomic mass is 16.6. The molecule has 0 aromatic heterocycles. The normalized spacial score (nSPS) is 20.8. The minimum absolute atomic E-state index is 0.0724. The number of para-hydroxylation sites is 1. The maximum absolute atomic E-state index is 11.1. The summed E-state index contributed by atoms with van der Waals surface area (Å²) >= 11 is 0. The van der Waals surface area contributed by atoms with Crippen molar-refractivity contribution in [2.24, 2.45) is 0 Å². The number of non-ortho nitro benzene ring substituents is 1. The summed E-state index contributed by atoms with van der Waals surface area (Å²) in [5.74, 6) is 0.676. The molecule has 0 N–H and O–H groups in total. The molecular weight excluding hydrogens is 364 g/mol. The maximum Gasteiger partial charge on any atom is 0.270 e. The van der Waals surface area contributed by atoms with Crippen LogP contribution in [0.25, 0.3) is 6.08 Å². The van der Waals surface area contributed by atoms with E-state index in [4.69, 9.17) is 4.74 Å². The van der Waals surface area contributed by atoms with E-state index >= 15 is 0 Å². The van der Waals surface area contributed by atoms with Gasteiger partial charge in [0.2, 0.25) is 5.72 Å². The molecule has 0 bridgehead atoms. The fourth-order valence-corrected chi connectivity index (χ4v) is 4.55. The quantitative estimate of drug-likeness (QED) is 0.269. The smallest absolute Gasteiger partial charge is 0.270 e. The zero-order valence-corrected chi connectivity index (χ0v) is 16.9. The Balaban J connectivity index is 1.76. The van der Waals surface area contributed by atoms with Crippen LogP contribution in [-0.4, -0.2) is 17.2 Å². The zero-order chi connectivity index (χ0) is 20.6. The largest absolute Gasteiger partial charge is 0.463 e. The third-order valence-corrected chi connectivity index (χ3v) is 6.16.